The van der Waals surface area contributed by atoms with Crippen LogP contribution in [-0.4, -0.2) is 37.2 Å². The number of aromatic nitrogens is 5. The molecule has 1 atom stereocenters. The van der Waals surface area contributed by atoms with Crippen molar-refractivity contribution in [3.8, 4) is 11.3 Å². The Morgan fingerprint density at radius 1 is 1.20 bits per heavy atom. The summed E-state index contributed by atoms with van der Waals surface area (Å²) in [6.07, 6.45) is 11.6. The third-order valence-corrected chi connectivity index (χ3v) is 5.92. The molecule has 6 nitrogen and oxygen atoms in total. The molecule has 3 aromatic heterocycles. The minimum absolute atomic E-state index is 0.567. The molecule has 5 rings (SSSR count). The second kappa shape index (κ2) is 8.57. The Bertz CT molecular complexity index is 986. The summed E-state index contributed by atoms with van der Waals surface area (Å²) in [6.45, 7) is 0. The second-order valence-electron chi connectivity index (χ2n) is 8.12. The van der Waals surface area contributed by atoms with Gasteiger partial charge in [-0.25, -0.2) is 9.97 Å². The molecule has 0 aromatic carbocycles. The summed E-state index contributed by atoms with van der Waals surface area (Å²) in [4.78, 5) is 20.7. The molecule has 0 amide bonds. The van der Waals surface area contributed by atoms with Crippen LogP contribution >= 0.6 is 0 Å². The molecule has 0 spiro atoms. The highest BCUT2D eigenvalue weighted by Crippen LogP contribution is 2.44. The molecule has 0 bridgehead atoms. The normalized spacial score (nSPS) is 18.2. The van der Waals surface area contributed by atoms with Gasteiger partial charge in [0.25, 0.3) is 0 Å². The number of nitrogens with one attached hydrogen (secondary N) is 1. The Kier molecular flexibility index (Phi) is 5.87. The fourth-order valence-electron chi connectivity index (χ4n) is 4.30. The van der Waals surface area contributed by atoms with Gasteiger partial charge < -0.3 is 4.98 Å². The van der Waals surface area contributed by atoms with E-state index in [2.05, 4.69) is 25.8 Å². The van der Waals surface area contributed by atoms with Crippen molar-refractivity contribution in [2.24, 2.45) is 11.8 Å². The van der Waals surface area contributed by atoms with Crippen LogP contribution in [0.2, 0.25) is 0 Å². The summed E-state index contributed by atoms with van der Waals surface area (Å²) in [5.74, 6) is 1.73. The summed E-state index contributed by atoms with van der Waals surface area (Å²) in [6, 6.07) is 2.61. The smallest absolute Gasteiger partial charge is 0.346 e. The van der Waals surface area contributed by atoms with Gasteiger partial charge >= 0.3 is 6.18 Å². The summed E-state index contributed by atoms with van der Waals surface area (Å²) >= 11 is 0. The van der Waals surface area contributed by atoms with E-state index in [9.17, 15) is 13.2 Å². The quantitative estimate of drug-likeness (QED) is 0.584. The molecule has 160 valence electrons. The van der Waals surface area contributed by atoms with Crippen molar-refractivity contribution >= 4 is 17.3 Å². The molecule has 9 heteroatoms. The van der Waals surface area contributed by atoms with Crippen molar-refractivity contribution in [1.82, 2.24) is 24.7 Å². The van der Waals surface area contributed by atoms with Crippen LogP contribution in [0.5, 0.6) is 0 Å². The molecule has 1 N–H and O–H groups in total. The molecule has 2 aliphatic carbocycles. The second-order valence-corrected chi connectivity index (χ2v) is 8.12. The number of halogens is 3. The average molecular weight is 419 g/mol. The van der Waals surface area contributed by atoms with E-state index < -0.39 is 12.5 Å². The van der Waals surface area contributed by atoms with Gasteiger partial charge in [-0.15, -0.1) is 0 Å². The minimum Gasteiger partial charge on any atom is -0.346 e. The number of hydrogen-bond donors (Lipinski definition) is 1. The zero-order valence-electron chi connectivity index (χ0n) is 16.5. The molecule has 3 heterocycles. The first kappa shape index (κ1) is 20.6. The topological polar surface area (TPSA) is 76.5 Å². The number of rotatable bonds is 5. The summed E-state index contributed by atoms with van der Waals surface area (Å²) in [5.41, 5.74) is 2.96. The van der Waals surface area contributed by atoms with Crippen molar-refractivity contribution in [2.45, 2.75) is 57.2 Å². The first-order valence-electron chi connectivity index (χ1n) is 10.3. The number of alkyl halides is 3. The number of H-pyrrole nitrogens is 1. The third-order valence-electron chi connectivity index (χ3n) is 5.92. The Labute approximate surface area is 171 Å². The van der Waals surface area contributed by atoms with E-state index >= 15 is 0 Å². The minimum atomic E-state index is -4.64. The Morgan fingerprint density at radius 2 is 1.93 bits per heavy atom. The Morgan fingerprint density at radius 3 is 2.60 bits per heavy atom. The first-order valence-corrected chi connectivity index (χ1v) is 10.3. The van der Waals surface area contributed by atoms with Crippen molar-refractivity contribution in [1.29, 1.82) is 0 Å². The highest BCUT2D eigenvalue weighted by atomic mass is 19.4. The van der Waals surface area contributed by atoms with Crippen LogP contribution < -0.4 is 0 Å². The molecule has 30 heavy (non-hydrogen) atoms. The maximum atomic E-state index is 10.4. The third kappa shape index (κ3) is 4.88. The number of nitrogens with zero attached hydrogens (tertiary/aromatic N) is 4. The van der Waals surface area contributed by atoms with E-state index in [1.54, 1.807) is 6.33 Å². The molecule has 1 unspecified atom stereocenters. The first-order chi connectivity index (χ1) is 14.4. The largest absolute Gasteiger partial charge is 0.446 e. The van der Waals surface area contributed by atoms with Crippen LogP contribution in [0.3, 0.4) is 0 Å². The van der Waals surface area contributed by atoms with Crippen molar-refractivity contribution < 1.29 is 18.0 Å². The van der Waals surface area contributed by atoms with Gasteiger partial charge in [-0.2, -0.15) is 18.3 Å². The van der Waals surface area contributed by atoms with E-state index in [1.807, 2.05) is 18.5 Å². The lowest BCUT2D eigenvalue weighted by Crippen LogP contribution is -2.18. The Hall–Kier alpha value is -2.71. The highest BCUT2D eigenvalue weighted by Gasteiger charge is 2.33. The highest BCUT2D eigenvalue weighted by molar-refractivity contribution is 5.89. The van der Waals surface area contributed by atoms with Gasteiger partial charge in [-0.05, 0) is 37.2 Å². The number of aldehydes is 1. The molecular formula is C21H24F3N5O. The monoisotopic (exact) mass is 419 g/mol. The van der Waals surface area contributed by atoms with Gasteiger partial charge in [-0.1, -0.05) is 25.7 Å². The molecule has 3 aromatic rings. The van der Waals surface area contributed by atoms with Gasteiger partial charge in [0.1, 0.15) is 12.0 Å². The summed E-state index contributed by atoms with van der Waals surface area (Å²) in [5, 5.41) is 5.82. The van der Waals surface area contributed by atoms with Gasteiger partial charge in [-0.3, -0.25) is 9.48 Å². The van der Waals surface area contributed by atoms with Crippen molar-refractivity contribution in [3.05, 3.63) is 31.0 Å². The lowest BCUT2D eigenvalue weighted by Gasteiger charge is -2.24. The van der Waals surface area contributed by atoms with E-state index in [0.29, 0.717) is 6.04 Å². The SMILES string of the molecule is O=CC(F)(F)F.c1nc(-c2cnn(C(CC3CC3)C3CCCC3)c2)c2cc[nH]c2n1. The fourth-order valence-corrected chi connectivity index (χ4v) is 4.30. The standard InChI is InChI=1S/C19H23N5.C2HF3O/c1-2-4-14(3-1)17(9-13-5-6-13)24-11-15(10-23-24)18-16-7-8-20-19(16)22-12-21-18;3-2(4,5)1-6/h7-8,10-14,17H,1-6,9H2,(H,20,21,22);1H. The summed E-state index contributed by atoms with van der Waals surface area (Å²) < 4.78 is 33.5. The van der Waals surface area contributed by atoms with Crippen molar-refractivity contribution in [3.63, 3.8) is 0 Å². The fraction of sp³-hybridized carbons (Fsp3) is 0.524. The molecule has 0 radical (unpaired) electrons. The predicted molar refractivity (Wildman–Crippen MR) is 106 cm³/mol. The number of carbonyl (C=O) groups is 1. The van der Waals surface area contributed by atoms with Crippen LogP contribution in [0.15, 0.2) is 31.0 Å². The Balaban J connectivity index is 0.000000322. The summed E-state index contributed by atoms with van der Waals surface area (Å²) in [7, 11) is 0. The van der Waals surface area contributed by atoms with Gasteiger partial charge in [0.15, 0.2) is 0 Å². The van der Waals surface area contributed by atoms with Crippen LogP contribution in [-0.2, 0) is 4.79 Å². The zero-order valence-corrected chi connectivity index (χ0v) is 16.5. The van der Waals surface area contributed by atoms with E-state index in [0.717, 1.165) is 34.1 Å². The predicted octanol–water partition coefficient (Wildman–Crippen LogP) is 5.10. The molecular weight excluding hydrogens is 395 g/mol. The van der Waals surface area contributed by atoms with Crippen LogP contribution in [0.1, 0.15) is 51.0 Å². The molecule has 0 aliphatic heterocycles. The molecule has 2 aliphatic rings. The lowest BCUT2D eigenvalue weighted by molar-refractivity contribution is -0.156. The molecule has 2 fully saturated rings. The van der Waals surface area contributed by atoms with Gasteiger partial charge in [0.05, 0.1) is 17.9 Å². The van der Waals surface area contributed by atoms with Crippen LogP contribution in [0.25, 0.3) is 22.3 Å². The average Bonchev–Trinajstić information content (AvgIpc) is 3.17. The van der Waals surface area contributed by atoms with Gasteiger partial charge in [0, 0.05) is 23.3 Å². The maximum absolute atomic E-state index is 10.4. The van der Waals surface area contributed by atoms with Gasteiger partial charge in [0.2, 0.25) is 6.29 Å². The lowest BCUT2D eigenvalue weighted by atomic mass is 9.93. The van der Waals surface area contributed by atoms with Crippen molar-refractivity contribution in [2.75, 3.05) is 0 Å². The maximum Gasteiger partial charge on any atom is 0.446 e. The molecule has 2 saturated carbocycles. The number of aromatic amines is 1. The zero-order chi connectivity index (χ0) is 21.1. The van der Waals surface area contributed by atoms with E-state index in [4.69, 9.17) is 9.89 Å². The van der Waals surface area contributed by atoms with E-state index in [-0.39, 0.29) is 0 Å². The number of carbonyl (C=O) groups excluding carboxylic acids is 1. The molecule has 0 saturated heterocycles. The number of hydrogen-bond acceptors (Lipinski definition) is 4. The van der Waals surface area contributed by atoms with E-state index in [1.165, 1.54) is 44.9 Å². The van der Waals surface area contributed by atoms with Crippen LogP contribution in [0.4, 0.5) is 13.2 Å². The number of fused-ring (bicyclic) bond motifs is 1. The van der Waals surface area contributed by atoms with Crippen LogP contribution in [0, 0.1) is 11.8 Å².